The van der Waals surface area contributed by atoms with Crippen molar-refractivity contribution >= 4 is 51.5 Å². The number of carbonyl (C=O) groups excluding carboxylic acids is 2. The lowest BCUT2D eigenvalue weighted by molar-refractivity contribution is -0.116. The van der Waals surface area contributed by atoms with E-state index in [0.29, 0.717) is 28.0 Å². The van der Waals surface area contributed by atoms with Gasteiger partial charge in [0.05, 0.1) is 5.56 Å². The molecule has 1 aliphatic heterocycles. The Morgan fingerprint density at radius 1 is 1.31 bits per heavy atom. The van der Waals surface area contributed by atoms with Gasteiger partial charge in [0.25, 0.3) is 5.91 Å². The Labute approximate surface area is 185 Å². The molecule has 0 saturated heterocycles. The van der Waals surface area contributed by atoms with Crippen LogP contribution in [-0.4, -0.2) is 35.1 Å². The summed E-state index contributed by atoms with van der Waals surface area (Å²) < 4.78 is 0. The monoisotopic (exact) mass is 451 g/mol. The molecule has 2 aromatic rings. The largest absolute Gasteiger partial charge is 0.365 e. The first kappa shape index (κ1) is 22.2. The van der Waals surface area contributed by atoms with Gasteiger partial charge < -0.3 is 11.1 Å². The number of thioether (sulfide) groups is 1. The summed E-state index contributed by atoms with van der Waals surface area (Å²) in [6.07, 6.45) is 1.94. The third-order valence-electron chi connectivity index (χ3n) is 4.95. The van der Waals surface area contributed by atoms with Gasteiger partial charge >= 0.3 is 0 Å². The van der Waals surface area contributed by atoms with Crippen molar-refractivity contribution in [1.29, 1.82) is 0 Å². The summed E-state index contributed by atoms with van der Waals surface area (Å²) in [7, 11) is 0. The number of benzene rings is 1. The summed E-state index contributed by atoms with van der Waals surface area (Å²) in [6.45, 7) is 6.03. The standard InChI is InChI=1S/C21H26ClN3O2S2/c1-13(2)25-10-9-16-17(12-25)29-21(19(16)20(23)27)24-18(26)4-3-11-28-15-7-5-14(22)6-8-15/h5-8,13H,3-4,9-12H2,1-2H3,(H2,23,27)(H,24,26). The summed E-state index contributed by atoms with van der Waals surface area (Å²) in [5.41, 5.74) is 7.14. The predicted octanol–water partition coefficient (Wildman–Crippen LogP) is 4.78. The van der Waals surface area contributed by atoms with Gasteiger partial charge in [0.15, 0.2) is 0 Å². The topological polar surface area (TPSA) is 75.4 Å². The van der Waals surface area contributed by atoms with Crippen molar-refractivity contribution in [1.82, 2.24) is 4.90 Å². The fourth-order valence-electron chi connectivity index (χ4n) is 3.36. The van der Waals surface area contributed by atoms with E-state index in [2.05, 4.69) is 24.1 Å². The van der Waals surface area contributed by atoms with Gasteiger partial charge in [0.1, 0.15) is 5.00 Å². The maximum Gasteiger partial charge on any atom is 0.251 e. The van der Waals surface area contributed by atoms with Crippen LogP contribution >= 0.6 is 34.7 Å². The molecule has 1 aliphatic rings. The number of nitrogens with two attached hydrogens (primary N) is 1. The van der Waals surface area contributed by atoms with Gasteiger partial charge in [-0.15, -0.1) is 23.1 Å². The lowest BCUT2D eigenvalue weighted by Crippen LogP contribution is -2.35. The fraction of sp³-hybridized carbons (Fsp3) is 0.429. The van der Waals surface area contributed by atoms with E-state index in [1.165, 1.54) is 11.3 Å². The van der Waals surface area contributed by atoms with Crippen LogP contribution in [0.25, 0.3) is 0 Å². The minimum Gasteiger partial charge on any atom is -0.365 e. The summed E-state index contributed by atoms with van der Waals surface area (Å²) in [6, 6.07) is 8.12. The molecule has 0 radical (unpaired) electrons. The number of hydrogen-bond acceptors (Lipinski definition) is 5. The second-order valence-corrected chi connectivity index (χ2v) is 10.1. The van der Waals surface area contributed by atoms with Gasteiger partial charge in [-0.05, 0) is 62.3 Å². The molecule has 3 rings (SSSR count). The molecule has 0 aliphatic carbocycles. The Bertz CT molecular complexity index is 881. The highest BCUT2D eigenvalue weighted by atomic mass is 35.5. The van der Waals surface area contributed by atoms with Crippen molar-refractivity contribution < 1.29 is 9.59 Å². The van der Waals surface area contributed by atoms with Crippen molar-refractivity contribution in [2.75, 3.05) is 17.6 Å². The molecule has 8 heteroatoms. The zero-order valence-electron chi connectivity index (χ0n) is 16.7. The summed E-state index contributed by atoms with van der Waals surface area (Å²) in [4.78, 5) is 29.1. The van der Waals surface area contributed by atoms with Crippen molar-refractivity contribution in [2.45, 2.75) is 50.6 Å². The highest BCUT2D eigenvalue weighted by Crippen LogP contribution is 2.37. The normalized spacial score (nSPS) is 14.1. The first-order valence-electron chi connectivity index (χ1n) is 9.71. The van der Waals surface area contributed by atoms with Crippen LogP contribution in [0.2, 0.25) is 5.02 Å². The molecule has 156 valence electrons. The quantitative estimate of drug-likeness (QED) is 0.447. The number of anilines is 1. The minimum atomic E-state index is -0.464. The van der Waals surface area contributed by atoms with Gasteiger partial charge in [-0.3, -0.25) is 14.5 Å². The molecule has 3 N–H and O–H groups in total. The zero-order chi connectivity index (χ0) is 21.0. The van der Waals surface area contributed by atoms with Crippen LogP contribution in [-0.2, 0) is 17.8 Å². The van der Waals surface area contributed by atoms with Crippen LogP contribution in [0.4, 0.5) is 5.00 Å². The van der Waals surface area contributed by atoms with Gasteiger partial charge in [0, 0.05) is 40.3 Å². The third-order valence-corrected chi connectivity index (χ3v) is 7.43. The van der Waals surface area contributed by atoms with E-state index in [4.69, 9.17) is 17.3 Å². The highest BCUT2D eigenvalue weighted by Gasteiger charge is 2.28. The third kappa shape index (κ3) is 5.75. The van der Waals surface area contributed by atoms with E-state index in [-0.39, 0.29) is 5.91 Å². The van der Waals surface area contributed by atoms with E-state index >= 15 is 0 Å². The number of carbonyl (C=O) groups is 2. The van der Waals surface area contributed by atoms with Crippen molar-refractivity contribution in [3.63, 3.8) is 0 Å². The summed E-state index contributed by atoms with van der Waals surface area (Å²) in [5, 5.41) is 4.25. The molecule has 0 saturated carbocycles. The van der Waals surface area contributed by atoms with Crippen molar-refractivity contribution in [2.24, 2.45) is 5.73 Å². The van der Waals surface area contributed by atoms with Gasteiger partial charge in [-0.1, -0.05) is 11.6 Å². The predicted molar refractivity (Wildman–Crippen MR) is 122 cm³/mol. The number of halogens is 1. The second kappa shape index (κ2) is 9.98. The minimum absolute atomic E-state index is 0.0801. The van der Waals surface area contributed by atoms with Crippen LogP contribution in [0.5, 0.6) is 0 Å². The first-order chi connectivity index (χ1) is 13.8. The molecule has 1 aromatic heterocycles. The lowest BCUT2D eigenvalue weighted by Gasteiger charge is -2.30. The van der Waals surface area contributed by atoms with Gasteiger partial charge in [-0.2, -0.15) is 0 Å². The Morgan fingerprint density at radius 2 is 2.03 bits per heavy atom. The Kier molecular flexibility index (Phi) is 7.62. The first-order valence-corrected chi connectivity index (χ1v) is 11.9. The smallest absolute Gasteiger partial charge is 0.251 e. The van der Waals surface area contributed by atoms with E-state index in [9.17, 15) is 9.59 Å². The van der Waals surface area contributed by atoms with Gasteiger partial charge in [0.2, 0.25) is 5.91 Å². The SMILES string of the molecule is CC(C)N1CCc2c(sc(NC(=O)CCCSc3ccc(Cl)cc3)c2C(N)=O)C1. The molecular formula is C21H26ClN3O2S2. The summed E-state index contributed by atoms with van der Waals surface area (Å²) >= 11 is 9.07. The molecule has 2 heterocycles. The van der Waals surface area contributed by atoms with Gasteiger partial charge in [-0.25, -0.2) is 0 Å². The van der Waals surface area contributed by atoms with Crippen LogP contribution in [0.1, 0.15) is 47.5 Å². The number of hydrogen-bond donors (Lipinski definition) is 2. The van der Waals surface area contributed by atoms with E-state index < -0.39 is 5.91 Å². The molecule has 0 atom stereocenters. The number of nitrogens with one attached hydrogen (secondary N) is 1. The van der Waals surface area contributed by atoms with E-state index in [1.54, 1.807) is 11.8 Å². The number of rotatable bonds is 8. The van der Waals surface area contributed by atoms with Crippen LogP contribution in [0.3, 0.4) is 0 Å². The molecule has 0 unspecified atom stereocenters. The molecule has 29 heavy (non-hydrogen) atoms. The van der Waals surface area contributed by atoms with E-state index in [0.717, 1.165) is 47.0 Å². The Hall–Kier alpha value is -1.54. The van der Waals surface area contributed by atoms with Crippen LogP contribution in [0.15, 0.2) is 29.2 Å². The lowest BCUT2D eigenvalue weighted by atomic mass is 10.0. The number of primary amides is 1. The number of nitrogens with zero attached hydrogens (tertiary/aromatic N) is 1. The number of amides is 2. The number of thiophene rings is 1. The average molecular weight is 452 g/mol. The fourth-order valence-corrected chi connectivity index (χ4v) is 5.63. The zero-order valence-corrected chi connectivity index (χ0v) is 19.1. The highest BCUT2D eigenvalue weighted by molar-refractivity contribution is 7.99. The maximum atomic E-state index is 12.4. The average Bonchev–Trinajstić information content (AvgIpc) is 3.03. The molecule has 1 aromatic carbocycles. The molecular weight excluding hydrogens is 426 g/mol. The molecule has 0 fully saturated rings. The van der Waals surface area contributed by atoms with Crippen LogP contribution in [0, 0.1) is 0 Å². The number of fused-ring (bicyclic) bond motifs is 1. The molecule has 0 spiro atoms. The molecule has 5 nitrogen and oxygen atoms in total. The van der Waals surface area contributed by atoms with E-state index in [1.807, 2.05) is 24.3 Å². The second-order valence-electron chi connectivity index (χ2n) is 7.34. The Morgan fingerprint density at radius 3 is 2.69 bits per heavy atom. The van der Waals surface area contributed by atoms with Crippen molar-refractivity contribution in [3.8, 4) is 0 Å². The van der Waals surface area contributed by atoms with Crippen LogP contribution < -0.4 is 11.1 Å². The molecule has 2 amide bonds. The molecule has 0 bridgehead atoms. The Balaban J connectivity index is 1.57. The maximum absolute atomic E-state index is 12.4. The summed E-state index contributed by atoms with van der Waals surface area (Å²) in [5.74, 6) is 0.291. The van der Waals surface area contributed by atoms with Crippen molar-refractivity contribution in [3.05, 3.63) is 45.3 Å².